The maximum absolute atomic E-state index is 8.78. The minimum Gasteiger partial charge on any atom is -0.399 e. The van der Waals surface area contributed by atoms with E-state index < -0.39 is 0 Å². The van der Waals surface area contributed by atoms with Crippen molar-refractivity contribution < 1.29 is 0 Å². The fourth-order valence-electron chi connectivity index (χ4n) is 1.81. The van der Waals surface area contributed by atoms with Gasteiger partial charge in [0.25, 0.3) is 0 Å². The average Bonchev–Trinajstić information content (AvgIpc) is 2.41. The molecule has 2 rings (SSSR count). The highest BCUT2D eigenvalue weighted by Crippen LogP contribution is 2.24. The molecule has 0 heterocycles. The van der Waals surface area contributed by atoms with Gasteiger partial charge in [-0.15, -0.1) is 0 Å². The third-order valence-electron chi connectivity index (χ3n) is 3.06. The maximum atomic E-state index is 8.78. The third kappa shape index (κ3) is 2.98. The molecule has 0 atom stereocenters. The van der Waals surface area contributed by atoms with Crippen LogP contribution in [0.2, 0.25) is 5.02 Å². The monoisotopic (exact) mass is 271 g/mol. The molecule has 0 aromatic heterocycles. The van der Waals surface area contributed by atoms with Gasteiger partial charge in [0.15, 0.2) is 0 Å². The van der Waals surface area contributed by atoms with Crippen LogP contribution in [0, 0.1) is 18.3 Å². The molecule has 4 heteroatoms. The van der Waals surface area contributed by atoms with Crippen molar-refractivity contribution in [2.75, 3.05) is 11.1 Å². The van der Waals surface area contributed by atoms with Crippen LogP contribution in [0.15, 0.2) is 36.4 Å². The van der Waals surface area contributed by atoms with Crippen molar-refractivity contribution in [2.24, 2.45) is 0 Å². The van der Waals surface area contributed by atoms with Crippen molar-refractivity contribution in [3.05, 3.63) is 58.1 Å². The minimum absolute atomic E-state index is 0.542. The number of rotatable bonds is 3. The van der Waals surface area contributed by atoms with Gasteiger partial charge in [0, 0.05) is 12.2 Å². The smallest absolute Gasteiger partial charge is 0.0992 e. The summed E-state index contributed by atoms with van der Waals surface area (Å²) in [5.74, 6) is 0. The van der Waals surface area contributed by atoms with Crippen molar-refractivity contribution in [3.63, 3.8) is 0 Å². The second kappa shape index (κ2) is 5.64. The number of hydrogen-bond acceptors (Lipinski definition) is 3. The van der Waals surface area contributed by atoms with Crippen molar-refractivity contribution in [3.8, 4) is 6.07 Å². The van der Waals surface area contributed by atoms with Gasteiger partial charge in [-0.2, -0.15) is 5.26 Å². The molecule has 2 aromatic carbocycles. The van der Waals surface area contributed by atoms with E-state index >= 15 is 0 Å². The summed E-state index contributed by atoms with van der Waals surface area (Å²) in [4.78, 5) is 0. The molecule has 0 fully saturated rings. The van der Waals surface area contributed by atoms with E-state index in [9.17, 15) is 0 Å². The van der Waals surface area contributed by atoms with Gasteiger partial charge in [-0.3, -0.25) is 0 Å². The number of nitrogens with two attached hydrogens (primary N) is 1. The summed E-state index contributed by atoms with van der Waals surface area (Å²) in [6, 6.07) is 13.1. The number of hydrogen-bond donors (Lipinski definition) is 2. The summed E-state index contributed by atoms with van der Waals surface area (Å²) in [5, 5.41) is 12.6. The second-order valence-corrected chi connectivity index (χ2v) is 4.70. The molecular formula is C15H14ClN3. The Kier molecular flexibility index (Phi) is 3.94. The zero-order valence-electron chi connectivity index (χ0n) is 10.6. The Morgan fingerprint density at radius 1 is 1.32 bits per heavy atom. The maximum Gasteiger partial charge on any atom is 0.0992 e. The van der Waals surface area contributed by atoms with E-state index in [1.165, 1.54) is 0 Å². The topological polar surface area (TPSA) is 61.8 Å². The zero-order valence-corrected chi connectivity index (χ0v) is 11.3. The first-order valence-electron chi connectivity index (χ1n) is 5.89. The fraction of sp³-hybridized carbons (Fsp3) is 0.133. The largest absolute Gasteiger partial charge is 0.399 e. The lowest BCUT2D eigenvalue weighted by Crippen LogP contribution is -2.03. The van der Waals surface area contributed by atoms with Crippen LogP contribution in [0.25, 0.3) is 0 Å². The van der Waals surface area contributed by atoms with Gasteiger partial charge in [-0.25, -0.2) is 0 Å². The number of nitrogens with one attached hydrogen (secondary N) is 1. The van der Waals surface area contributed by atoms with E-state index in [1.807, 2.05) is 31.2 Å². The molecule has 2 aromatic rings. The van der Waals surface area contributed by atoms with Crippen LogP contribution in [-0.4, -0.2) is 0 Å². The van der Waals surface area contributed by atoms with Crippen molar-refractivity contribution in [1.29, 1.82) is 5.26 Å². The lowest BCUT2D eigenvalue weighted by atomic mass is 10.1. The predicted molar refractivity (Wildman–Crippen MR) is 79.1 cm³/mol. The van der Waals surface area contributed by atoms with E-state index in [1.54, 1.807) is 12.1 Å². The van der Waals surface area contributed by atoms with Crippen molar-refractivity contribution in [1.82, 2.24) is 0 Å². The van der Waals surface area contributed by atoms with E-state index in [4.69, 9.17) is 22.6 Å². The highest BCUT2D eigenvalue weighted by Gasteiger charge is 2.04. The number of nitrogens with zero attached hydrogens (tertiary/aromatic N) is 1. The predicted octanol–water partition coefficient (Wildman–Crippen LogP) is 3.71. The van der Waals surface area contributed by atoms with Gasteiger partial charge in [-0.1, -0.05) is 23.7 Å². The first-order chi connectivity index (χ1) is 9.11. The molecule has 3 N–H and O–H groups in total. The molecule has 96 valence electrons. The Hall–Kier alpha value is -2.18. The van der Waals surface area contributed by atoms with Crippen LogP contribution in [0.4, 0.5) is 11.4 Å². The number of nitriles is 1. The Labute approximate surface area is 117 Å². The molecule has 0 amide bonds. The van der Waals surface area contributed by atoms with Gasteiger partial charge in [0.1, 0.15) is 0 Å². The molecule has 0 aliphatic carbocycles. The second-order valence-electron chi connectivity index (χ2n) is 4.29. The Morgan fingerprint density at radius 2 is 2.11 bits per heavy atom. The summed E-state index contributed by atoms with van der Waals surface area (Å²) in [6.45, 7) is 2.63. The van der Waals surface area contributed by atoms with Gasteiger partial charge in [0.2, 0.25) is 0 Å². The van der Waals surface area contributed by atoms with Crippen LogP contribution in [0.1, 0.15) is 16.7 Å². The fourth-order valence-corrected chi connectivity index (χ4v) is 2.06. The lowest BCUT2D eigenvalue weighted by Gasteiger charge is -2.12. The van der Waals surface area contributed by atoms with Crippen LogP contribution >= 0.6 is 11.6 Å². The molecule has 0 radical (unpaired) electrons. The summed E-state index contributed by atoms with van der Waals surface area (Å²) in [7, 11) is 0. The number of halogens is 1. The van der Waals surface area contributed by atoms with E-state index in [0.717, 1.165) is 22.5 Å². The highest BCUT2D eigenvalue weighted by molar-refractivity contribution is 6.33. The molecule has 0 saturated carbocycles. The zero-order chi connectivity index (χ0) is 13.8. The molecule has 0 aliphatic heterocycles. The van der Waals surface area contributed by atoms with Gasteiger partial charge < -0.3 is 11.1 Å². The van der Waals surface area contributed by atoms with Crippen LogP contribution in [-0.2, 0) is 6.54 Å². The first kappa shape index (κ1) is 13.3. The summed E-state index contributed by atoms with van der Waals surface area (Å²) in [6.07, 6.45) is 0. The minimum atomic E-state index is 0.542. The van der Waals surface area contributed by atoms with E-state index in [2.05, 4.69) is 11.4 Å². The van der Waals surface area contributed by atoms with Crippen LogP contribution in [0.3, 0.4) is 0 Å². The molecule has 19 heavy (non-hydrogen) atoms. The van der Waals surface area contributed by atoms with Gasteiger partial charge in [-0.05, 0) is 42.3 Å². The Balaban J connectivity index is 2.15. The quantitative estimate of drug-likeness (QED) is 0.837. The molecule has 0 aliphatic rings. The molecule has 3 nitrogen and oxygen atoms in total. The third-order valence-corrected chi connectivity index (χ3v) is 3.37. The average molecular weight is 272 g/mol. The van der Waals surface area contributed by atoms with Crippen LogP contribution < -0.4 is 11.1 Å². The van der Waals surface area contributed by atoms with Gasteiger partial charge in [0.05, 0.1) is 22.3 Å². The normalized spacial score (nSPS) is 9.95. The number of nitrogen functional groups attached to an aromatic ring is 1. The first-order valence-corrected chi connectivity index (χ1v) is 6.27. The summed E-state index contributed by atoms with van der Waals surface area (Å²) in [5.41, 5.74) is 10.2. The van der Waals surface area contributed by atoms with Gasteiger partial charge >= 0.3 is 0 Å². The standard InChI is InChI=1S/C15H14ClN3/c1-10-12(3-2-4-14(10)18)9-19-15-6-5-11(8-17)7-13(15)16/h2-7,19H,9,18H2,1H3. The van der Waals surface area contributed by atoms with E-state index in [0.29, 0.717) is 17.1 Å². The summed E-state index contributed by atoms with van der Waals surface area (Å²) >= 11 is 6.11. The number of benzene rings is 2. The Bertz CT molecular complexity index is 644. The summed E-state index contributed by atoms with van der Waals surface area (Å²) < 4.78 is 0. The molecule has 0 saturated heterocycles. The highest BCUT2D eigenvalue weighted by atomic mass is 35.5. The SMILES string of the molecule is Cc1c(N)cccc1CNc1ccc(C#N)cc1Cl. The number of anilines is 2. The van der Waals surface area contributed by atoms with Crippen LogP contribution in [0.5, 0.6) is 0 Å². The molecule has 0 spiro atoms. The molecule has 0 unspecified atom stereocenters. The lowest BCUT2D eigenvalue weighted by molar-refractivity contribution is 1.12. The molecular weight excluding hydrogens is 258 g/mol. The van der Waals surface area contributed by atoms with Crippen molar-refractivity contribution >= 4 is 23.0 Å². The van der Waals surface area contributed by atoms with E-state index in [-0.39, 0.29) is 0 Å². The Morgan fingerprint density at radius 3 is 2.79 bits per heavy atom. The molecule has 0 bridgehead atoms. The van der Waals surface area contributed by atoms with Crippen molar-refractivity contribution in [2.45, 2.75) is 13.5 Å².